The average molecular weight is 523 g/mol. The molecule has 0 saturated heterocycles. The topological polar surface area (TPSA) is 46.9 Å². The fraction of sp³-hybridized carbons (Fsp3) is 0.304. The molecule has 0 fully saturated rings. The lowest BCUT2D eigenvalue weighted by Crippen LogP contribution is -2.27. The minimum absolute atomic E-state index is 0.168. The van der Waals surface area contributed by atoms with Crippen molar-refractivity contribution >= 4 is 11.6 Å². The van der Waals surface area contributed by atoms with Crippen molar-refractivity contribution in [3.8, 4) is 0 Å². The second-order valence-electron chi connectivity index (χ2n) is 7.78. The van der Waals surface area contributed by atoms with E-state index in [9.17, 15) is 44.3 Å². The Kier molecular flexibility index (Phi) is 7.70. The minimum Gasteiger partial charge on any atom is -0.325 e. The van der Waals surface area contributed by atoms with Gasteiger partial charge in [0.1, 0.15) is 0 Å². The molecule has 4 nitrogen and oxygen atoms in total. The molecule has 0 radical (unpaired) electrons. The van der Waals surface area contributed by atoms with Crippen LogP contribution in [0.15, 0.2) is 59.4 Å². The second kappa shape index (κ2) is 10.2. The number of anilines is 2. The fourth-order valence-corrected chi connectivity index (χ4v) is 3.39. The van der Waals surface area contributed by atoms with Crippen molar-refractivity contribution < 1.29 is 39.5 Å². The van der Waals surface area contributed by atoms with Crippen molar-refractivity contribution in [3.63, 3.8) is 0 Å². The Hall–Kier alpha value is -3.51. The molecule has 0 bridgehead atoms. The summed E-state index contributed by atoms with van der Waals surface area (Å²) in [6.07, 6.45) is -14.1. The number of rotatable bonds is 7. The van der Waals surface area contributed by atoms with Crippen LogP contribution in [0, 0.1) is 0 Å². The Morgan fingerprint density at radius 3 is 2.03 bits per heavy atom. The number of nitrogens with one attached hydrogen (secondary N) is 1. The molecule has 13 heteroatoms. The van der Waals surface area contributed by atoms with Crippen LogP contribution < -0.4 is 10.9 Å². The molecule has 0 amide bonds. The van der Waals surface area contributed by atoms with Crippen molar-refractivity contribution in [1.29, 1.82) is 0 Å². The fourth-order valence-electron chi connectivity index (χ4n) is 3.39. The van der Waals surface area contributed by atoms with Crippen LogP contribution in [-0.2, 0) is 31.5 Å². The summed E-state index contributed by atoms with van der Waals surface area (Å²) in [4.78, 5) is 15.7. The molecule has 0 unspecified atom stereocenters. The largest absolute Gasteiger partial charge is 0.433 e. The van der Waals surface area contributed by atoms with E-state index in [0.717, 1.165) is 10.1 Å². The van der Waals surface area contributed by atoms with Gasteiger partial charge in [0.2, 0.25) is 5.95 Å². The molecule has 0 aliphatic carbocycles. The first-order chi connectivity index (χ1) is 16.7. The van der Waals surface area contributed by atoms with Gasteiger partial charge in [0, 0.05) is 12.6 Å². The van der Waals surface area contributed by atoms with E-state index in [1.54, 1.807) is 0 Å². The zero-order chi connectivity index (χ0) is 26.7. The van der Waals surface area contributed by atoms with Gasteiger partial charge < -0.3 is 5.32 Å². The van der Waals surface area contributed by atoms with Gasteiger partial charge in [-0.2, -0.15) is 39.5 Å². The van der Waals surface area contributed by atoms with Gasteiger partial charge >= 0.3 is 18.5 Å². The van der Waals surface area contributed by atoms with E-state index in [-0.39, 0.29) is 25.1 Å². The van der Waals surface area contributed by atoms with E-state index >= 15 is 0 Å². The van der Waals surface area contributed by atoms with Crippen LogP contribution in [-0.4, -0.2) is 9.55 Å². The van der Waals surface area contributed by atoms with Gasteiger partial charge in [0.15, 0.2) is 5.69 Å². The highest BCUT2D eigenvalue weighted by Crippen LogP contribution is 2.40. The lowest BCUT2D eigenvalue weighted by atomic mass is 10.1. The van der Waals surface area contributed by atoms with Gasteiger partial charge in [0.25, 0.3) is 5.56 Å². The SMILES string of the molecule is O=c1cc(C(F)(F)F)nc(Nc2ccc(C(F)(F)F)cc2C(F)(F)F)n1CCCCc1ccccc1. The van der Waals surface area contributed by atoms with Crippen molar-refractivity contribution in [2.45, 2.75) is 44.3 Å². The van der Waals surface area contributed by atoms with Crippen LogP contribution in [0.4, 0.5) is 51.1 Å². The van der Waals surface area contributed by atoms with E-state index in [1.807, 2.05) is 35.6 Å². The minimum atomic E-state index is -5.29. The van der Waals surface area contributed by atoms with Gasteiger partial charge in [-0.15, -0.1) is 0 Å². The Bertz CT molecular complexity index is 1250. The smallest absolute Gasteiger partial charge is 0.325 e. The summed E-state index contributed by atoms with van der Waals surface area (Å²) in [6.45, 7) is -0.193. The maximum absolute atomic E-state index is 13.5. The summed E-state index contributed by atoms with van der Waals surface area (Å²) in [6, 6.07) is 9.94. The number of nitrogens with zero attached hydrogens (tertiary/aromatic N) is 2. The Labute approximate surface area is 198 Å². The molecule has 1 N–H and O–H groups in total. The Morgan fingerprint density at radius 1 is 0.778 bits per heavy atom. The monoisotopic (exact) mass is 523 g/mol. The van der Waals surface area contributed by atoms with Gasteiger partial charge in [-0.3, -0.25) is 9.36 Å². The van der Waals surface area contributed by atoms with Crippen LogP contribution in [0.1, 0.15) is 35.2 Å². The lowest BCUT2D eigenvalue weighted by Gasteiger charge is -2.19. The standard InChI is InChI=1S/C23H18F9N3O/c24-21(25,26)15-9-10-17(16(12-15)22(27,28)29)33-20-34-18(23(30,31)32)13-19(36)35(20)11-5-4-8-14-6-2-1-3-7-14/h1-3,6-7,9-10,12-13H,4-5,8,11H2,(H,33,34). The lowest BCUT2D eigenvalue weighted by molar-refractivity contribution is -0.143. The molecule has 194 valence electrons. The average Bonchev–Trinajstić information content (AvgIpc) is 2.76. The maximum Gasteiger partial charge on any atom is 0.433 e. The highest BCUT2D eigenvalue weighted by atomic mass is 19.4. The number of unbranched alkanes of at least 4 members (excludes halogenated alkanes) is 1. The van der Waals surface area contributed by atoms with Crippen LogP contribution in [0.25, 0.3) is 0 Å². The molecular formula is C23H18F9N3O. The van der Waals surface area contributed by atoms with Gasteiger partial charge in [-0.05, 0) is 43.0 Å². The zero-order valence-electron chi connectivity index (χ0n) is 18.2. The number of hydrogen-bond acceptors (Lipinski definition) is 3. The molecule has 0 aliphatic heterocycles. The van der Waals surface area contributed by atoms with Crippen molar-refractivity contribution in [1.82, 2.24) is 9.55 Å². The van der Waals surface area contributed by atoms with E-state index < -0.39 is 52.5 Å². The molecule has 0 atom stereocenters. The molecule has 0 spiro atoms. The van der Waals surface area contributed by atoms with Crippen LogP contribution in [0.3, 0.4) is 0 Å². The molecule has 0 aliphatic rings. The maximum atomic E-state index is 13.5. The van der Waals surface area contributed by atoms with Crippen LogP contribution in [0.2, 0.25) is 0 Å². The van der Waals surface area contributed by atoms with Gasteiger partial charge in [0.05, 0.1) is 16.8 Å². The Balaban J connectivity index is 1.97. The third-order valence-corrected chi connectivity index (χ3v) is 5.14. The predicted octanol–water partition coefficient (Wildman–Crippen LogP) is 7.07. The van der Waals surface area contributed by atoms with E-state index in [0.29, 0.717) is 25.0 Å². The van der Waals surface area contributed by atoms with E-state index in [4.69, 9.17) is 0 Å². The number of aromatic nitrogens is 2. The summed E-state index contributed by atoms with van der Waals surface area (Å²) < 4.78 is 120. The van der Waals surface area contributed by atoms with Crippen molar-refractivity contribution in [2.75, 3.05) is 5.32 Å². The summed E-state index contributed by atoms with van der Waals surface area (Å²) >= 11 is 0. The first-order valence-electron chi connectivity index (χ1n) is 10.4. The number of halogens is 9. The number of benzene rings is 2. The summed E-state index contributed by atoms with van der Waals surface area (Å²) in [5.74, 6) is -0.875. The van der Waals surface area contributed by atoms with Crippen LogP contribution >= 0.6 is 0 Å². The summed E-state index contributed by atoms with van der Waals surface area (Å²) in [5, 5.41) is 2.00. The molecule has 36 heavy (non-hydrogen) atoms. The molecule has 1 aromatic heterocycles. The highest BCUT2D eigenvalue weighted by molar-refractivity contribution is 5.61. The van der Waals surface area contributed by atoms with E-state index in [2.05, 4.69) is 4.98 Å². The molecule has 1 heterocycles. The van der Waals surface area contributed by atoms with Gasteiger partial charge in [-0.25, -0.2) is 4.98 Å². The number of hydrogen-bond donors (Lipinski definition) is 1. The zero-order valence-corrected chi connectivity index (χ0v) is 18.2. The molecule has 3 rings (SSSR count). The van der Waals surface area contributed by atoms with Crippen molar-refractivity contribution in [3.05, 3.63) is 87.3 Å². The van der Waals surface area contributed by atoms with Gasteiger partial charge in [-0.1, -0.05) is 30.3 Å². The van der Waals surface area contributed by atoms with Crippen LogP contribution in [0.5, 0.6) is 0 Å². The number of alkyl halides is 9. The van der Waals surface area contributed by atoms with Crippen molar-refractivity contribution in [2.24, 2.45) is 0 Å². The van der Waals surface area contributed by atoms with E-state index in [1.165, 1.54) is 0 Å². The quantitative estimate of drug-likeness (QED) is 0.266. The normalized spacial score (nSPS) is 12.6. The highest BCUT2D eigenvalue weighted by Gasteiger charge is 2.39. The first kappa shape index (κ1) is 27.1. The number of aryl methyl sites for hydroxylation is 1. The third kappa shape index (κ3) is 6.79. The Morgan fingerprint density at radius 2 is 1.44 bits per heavy atom. The second-order valence-corrected chi connectivity index (χ2v) is 7.78. The predicted molar refractivity (Wildman–Crippen MR) is 113 cm³/mol. The molecule has 0 saturated carbocycles. The summed E-state index contributed by atoms with van der Waals surface area (Å²) in [7, 11) is 0. The molecule has 3 aromatic rings. The first-order valence-corrected chi connectivity index (χ1v) is 10.4. The molecular weight excluding hydrogens is 505 g/mol. The summed E-state index contributed by atoms with van der Waals surface area (Å²) in [5.41, 5.74) is -6.24. The molecule has 2 aromatic carbocycles. The third-order valence-electron chi connectivity index (χ3n) is 5.14.